The van der Waals surface area contributed by atoms with Crippen LogP contribution in [-0.2, 0) is 6.54 Å². The fourth-order valence-electron chi connectivity index (χ4n) is 2.69. The summed E-state index contributed by atoms with van der Waals surface area (Å²) in [5.41, 5.74) is 2.13. The number of hydrogen-bond donors (Lipinski definition) is 2. The molecule has 2 aromatic rings. The van der Waals surface area contributed by atoms with Gasteiger partial charge in [-0.3, -0.25) is 4.68 Å². The topological polar surface area (TPSA) is 79.1 Å². The summed E-state index contributed by atoms with van der Waals surface area (Å²) in [5.74, 6) is 0.702. The molecule has 0 bridgehead atoms. The van der Waals surface area contributed by atoms with Crippen molar-refractivity contribution in [1.29, 1.82) is 0 Å². The molecule has 1 aliphatic rings. The minimum absolute atomic E-state index is 0.00401. The average Bonchev–Trinajstić information content (AvgIpc) is 2.89. The predicted octanol–water partition coefficient (Wildman–Crippen LogP) is 0.512. The zero-order valence-electron chi connectivity index (χ0n) is 13.1. The number of nitrogens with zero attached hydrogens (tertiary/aromatic N) is 5. The quantitative estimate of drug-likeness (QED) is 0.838. The third-order valence-electron chi connectivity index (χ3n) is 4.00. The molecule has 7 nitrogen and oxygen atoms in total. The molecule has 118 valence electrons. The SMILES string of the molecule is Cc1cnn([C@H]2[C@H](O)C[C@@H]2NCc2cnc(N(C)C)nc2)c1. The second-order valence-electron chi connectivity index (χ2n) is 6.06. The van der Waals surface area contributed by atoms with Crippen LogP contribution in [0.25, 0.3) is 0 Å². The molecule has 0 aromatic carbocycles. The smallest absolute Gasteiger partial charge is 0.224 e. The Morgan fingerprint density at radius 3 is 2.59 bits per heavy atom. The predicted molar refractivity (Wildman–Crippen MR) is 83.6 cm³/mol. The highest BCUT2D eigenvalue weighted by molar-refractivity contribution is 5.26. The van der Waals surface area contributed by atoms with Gasteiger partial charge >= 0.3 is 0 Å². The second kappa shape index (κ2) is 6.02. The van der Waals surface area contributed by atoms with Crippen LogP contribution >= 0.6 is 0 Å². The molecule has 0 aliphatic heterocycles. The van der Waals surface area contributed by atoms with E-state index in [9.17, 15) is 5.11 Å². The molecule has 3 atom stereocenters. The molecule has 1 aliphatic carbocycles. The molecular formula is C15H22N6O. The van der Waals surface area contributed by atoms with E-state index in [1.54, 1.807) is 0 Å². The van der Waals surface area contributed by atoms with Crippen molar-refractivity contribution in [2.75, 3.05) is 19.0 Å². The molecule has 0 amide bonds. The van der Waals surface area contributed by atoms with E-state index in [1.165, 1.54) is 0 Å². The maximum atomic E-state index is 10.0. The Morgan fingerprint density at radius 2 is 2.05 bits per heavy atom. The van der Waals surface area contributed by atoms with E-state index in [4.69, 9.17) is 0 Å². The number of rotatable bonds is 5. The lowest BCUT2D eigenvalue weighted by atomic mass is 9.83. The van der Waals surface area contributed by atoms with E-state index >= 15 is 0 Å². The molecule has 22 heavy (non-hydrogen) atoms. The van der Waals surface area contributed by atoms with Crippen molar-refractivity contribution >= 4 is 5.95 Å². The maximum Gasteiger partial charge on any atom is 0.224 e. The Labute approximate surface area is 130 Å². The van der Waals surface area contributed by atoms with Gasteiger partial charge in [-0.1, -0.05) is 0 Å². The molecule has 2 aromatic heterocycles. The van der Waals surface area contributed by atoms with Gasteiger partial charge < -0.3 is 15.3 Å². The first kappa shape index (κ1) is 14.9. The summed E-state index contributed by atoms with van der Waals surface area (Å²) in [6, 6.07) is 0.207. The van der Waals surface area contributed by atoms with Crippen LogP contribution in [0.5, 0.6) is 0 Å². The summed E-state index contributed by atoms with van der Waals surface area (Å²) in [4.78, 5) is 10.5. The number of aromatic nitrogens is 4. The Kier molecular flexibility index (Phi) is 4.08. The number of nitrogens with one attached hydrogen (secondary N) is 1. The second-order valence-corrected chi connectivity index (χ2v) is 6.06. The lowest BCUT2D eigenvalue weighted by Crippen LogP contribution is -2.54. The molecule has 1 fully saturated rings. The van der Waals surface area contributed by atoms with Gasteiger partial charge in [0.1, 0.15) is 0 Å². The van der Waals surface area contributed by atoms with Crippen LogP contribution in [0.1, 0.15) is 23.6 Å². The summed E-state index contributed by atoms with van der Waals surface area (Å²) >= 11 is 0. The average molecular weight is 302 g/mol. The maximum absolute atomic E-state index is 10.0. The molecule has 2 heterocycles. The van der Waals surface area contributed by atoms with Crippen molar-refractivity contribution < 1.29 is 5.11 Å². The minimum Gasteiger partial charge on any atom is -0.391 e. The van der Waals surface area contributed by atoms with Crippen molar-refractivity contribution in [3.8, 4) is 0 Å². The summed E-state index contributed by atoms with van der Waals surface area (Å²) < 4.78 is 1.85. The van der Waals surface area contributed by atoms with Crippen LogP contribution in [0.3, 0.4) is 0 Å². The van der Waals surface area contributed by atoms with E-state index in [0.717, 1.165) is 17.5 Å². The summed E-state index contributed by atoms with van der Waals surface area (Å²) in [5, 5.41) is 17.8. The monoisotopic (exact) mass is 302 g/mol. The fraction of sp³-hybridized carbons (Fsp3) is 0.533. The summed E-state index contributed by atoms with van der Waals surface area (Å²) in [6.45, 7) is 2.68. The van der Waals surface area contributed by atoms with Gasteiger partial charge in [-0.15, -0.1) is 0 Å². The van der Waals surface area contributed by atoms with E-state index in [0.29, 0.717) is 12.5 Å². The van der Waals surface area contributed by atoms with Crippen LogP contribution in [0.4, 0.5) is 5.95 Å². The van der Waals surface area contributed by atoms with Gasteiger partial charge in [0, 0.05) is 50.8 Å². The van der Waals surface area contributed by atoms with Crippen molar-refractivity contribution in [1.82, 2.24) is 25.1 Å². The molecule has 1 saturated carbocycles. The van der Waals surface area contributed by atoms with Crippen LogP contribution in [0.2, 0.25) is 0 Å². The number of aliphatic hydroxyl groups excluding tert-OH is 1. The fourth-order valence-corrected chi connectivity index (χ4v) is 2.69. The zero-order valence-corrected chi connectivity index (χ0v) is 13.1. The van der Waals surface area contributed by atoms with Gasteiger partial charge in [-0.05, 0) is 18.9 Å². The standard InChI is InChI=1S/C15H22N6O/c1-10-5-19-21(9-10)14-12(4-13(14)22)16-6-11-7-17-15(18-8-11)20(2)3/h5,7-9,12-14,16,22H,4,6H2,1-3H3/t12-,13+,14+/m0/s1. The largest absolute Gasteiger partial charge is 0.391 e. The van der Waals surface area contributed by atoms with Crippen LogP contribution in [0, 0.1) is 6.92 Å². The molecule has 0 spiro atoms. The van der Waals surface area contributed by atoms with Gasteiger partial charge in [-0.2, -0.15) is 5.10 Å². The highest BCUT2D eigenvalue weighted by Gasteiger charge is 2.41. The first-order valence-corrected chi connectivity index (χ1v) is 7.45. The number of aliphatic hydroxyl groups is 1. The van der Waals surface area contributed by atoms with E-state index in [1.807, 2.05) is 55.4 Å². The lowest BCUT2D eigenvalue weighted by Gasteiger charge is -2.42. The highest BCUT2D eigenvalue weighted by Crippen LogP contribution is 2.32. The highest BCUT2D eigenvalue weighted by atomic mass is 16.3. The molecular weight excluding hydrogens is 280 g/mol. The Hall–Kier alpha value is -1.99. The van der Waals surface area contributed by atoms with E-state index in [-0.39, 0.29) is 18.2 Å². The molecule has 2 N–H and O–H groups in total. The van der Waals surface area contributed by atoms with Crippen LogP contribution < -0.4 is 10.2 Å². The Balaban J connectivity index is 1.59. The Morgan fingerprint density at radius 1 is 1.32 bits per heavy atom. The van der Waals surface area contributed by atoms with Gasteiger partial charge in [-0.25, -0.2) is 9.97 Å². The van der Waals surface area contributed by atoms with Gasteiger partial charge in [0.25, 0.3) is 0 Å². The normalized spacial score (nSPS) is 24.1. The molecule has 0 saturated heterocycles. The van der Waals surface area contributed by atoms with Crippen molar-refractivity contribution in [2.45, 2.75) is 38.1 Å². The molecule has 0 unspecified atom stereocenters. The molecule has 3 rings (SSSR count). The van der Waals surface area contributed by atoms with Crippen LogP contribution in [0.15, 0.2) is 24.8 Å². The van der Waals surface area contributed by atoms with Gasteiger partial charge in [0.05, 0.1) is 18.3 Å². The summed E-state index contributed by atoms with van der Waals surface area (Å²) in [6.07, 6.45) is 7.84. The third-order valence-corrected chi connectivity index (χ3v) is 4.00. The van der Waals surface area contributed by atoms with Crippen molar-refractivity contribution in [3.63, 3.8) is 0 Å². The summed E-state index contributed by atoms with van der Waals surface area (Å²) in [7, 11) is 3.83. The van der Waals surface area contributed by atoms with E-state index < -0.39 is 0 Å². The zero-order chi connectivity index (χ0) is 15.7. The number of aryl methyl sites for hydroxylation is 1. The third kappa shape index (κ3) is 2.95. The first-order valence-electron chi connectivity index (χ1n) is 7.45. The van der Waals surface area contributed by atoms with E-state index in [2.05, 4.69) is 20.4 Å². The van der Waals surface area contributed by atoms with Gasteiger partial charge in [0.2, 0.25) is 5.95 Å². The van der Waals surface area contributed by atoms with Gasteiger partial charge in [0.15, 0.2) is 0 Å². The molecule has 0 radical (unpaired) electrons. The lowest BCUT2D eigenvalue weighted by molar-refractivity contribution is -0.00825. The van der Waals surface area contributed by atoms with Crippen molar-refractivity contribution in [2.24, 2.45) is 0 Å². The number of anilines is 1. The van der Waals surface area contributed by atoms with Crippen LogP contribution in [-0.4, -0.2) is 51.1 Å². The number of hydrogen-bond acceptors (Lipinski definition) is 6. The Bertz CT molecular complexity index is 623. The van der Waals surface area contributed by atoms with Crippen molar-refractivity contribution in [3.05, 3.63) is 35.9 Å². The molecule has 7 heteroatoms. The minimum atomic E-state index is -0.343. The first-order chi connectivity index (χ1) is 10.5.